The first kappa shape index (κ1) is 11.5. The van der Waals surface area contributed by atoms with E-state index in [4.69, 9.17) is 5.11 Å². The van der Waals surface area contributed by atoms with Crippen LogP contribution in [-0.2, 0) is 0 Å². The fourth-order valence-corrected chi connectivity index (χ4v) is 2.54. The molecule has 0 radical (unpaired) electrons. The number of alkyl halides is 1. The van der Waals surface area contributed by atoms with Crippen molar-refractivity contribution < 1.29 is 5.11 Å². The zero-order valence-electron chi connectivity index (χ0n) is 8.38. The SMILES string of the molecule is CCC(CBr)CN1CCC(CO)C1. The molecular weight excluding hydrogens is 230 g/mol. The quantitative estimate of drug-likeness (QED) is 0.751. The lowest BCUT2D eigenvalue weighted by Crippen LogP contribution is -2.28. The lowest BCUT2D eigenvalue weighted by molar-refractivity contribution is 0.214. The second kappa shape index (κ2) is 5.99. The van der Waals surface area contributed by atoms with Crippen molar-refractivity contribution in [3.8, 4) is 0 Å². The Hall–Kier alpha value is 0.400. The molecule has 0 aromatic carbocycles. The van der Waals surface area contributed by atoms with E-state index >= 15 is 0 Å². The van der Waals surface area contributed by atoms with E-state index < -0.39 is 0 Å². The topological polar surface area (TPSA) is 23.5 Å². The maximum atomic E-state index is 9.00. The smallest absolute Gasteiger partial charge is 0.0471 e. The molecule has 1 rings (SSSR count). The summed E-state index contributed by atoms with van der Waals surface area (Å²) in [4.78, 5) is 2.48. The monoisotopic (exact) mass is 249 g/mol. The van der Waals surface area contributed by atoms with E-state index in [1.165, 1.54) is 25.9 Å². The van der Waals surface area contributed by atoms with Gasteiger partial charge < -0.3 is 10.0 Å². The number of nitrogens with zero attached hydrogens (tertiary/aromatic N) is 1. The van der Waals surface area contributed by atoms with Gasteiger partial charge in [-0.2, -0.15) is 0 Å². The Bertz CT molecular complexity index is 139. The summed E-state index contributed by atoms with van der Waals surface area (Å²) in [6.45, 7) is 6.07. The third-order valence-electron chi connectivity index (χ3n) is 2.94. The molecule has 0 spiro atoms. The minimum Gasteiger partial charge on any atom is -0.396 e. The van der Waals surface area contributed by atoms with Gasteiger partial charge in [0.25, 0.3) is 0 Å². The van der Waals surface area contributed by atoms with Crippen LogP contribution in [0.3, 0.4) is 0 Å². The van der Waals surface area contributed by atoms with Crippen molar-refractivity contribution in [2.75, 3.05) is 31.6 Å². The number of rotatable bonds is 5. The van der Waals surface area contributed by atoms with Crippen molar-refractivity contribution in [3.63, 3.8) is 0 Å². The average Bonchev–Trinajstić information content (AvgIpc) is 2.61. The van der Waals surface area contributed by atoms with E-state index in [0.29, 0.717) is 12.5 Å². The molecule has 0 saturated carbocycles. The van der Waals surface area contributed by atoms with E-state index in [1.807, 2.05) is 0 Å². The first-order valence-electron chi connectivity index (χ1n) is 5.19. The van der Waals surface area contributed by atoms with Crippen LogP contribution in [0.15, 0.2) is 0 Å². The van der Waals surface area contributed by atoms with Gasteiger partial charge in [-0.25, -0.2) is 0 Å². The lowest BCUT2D eigenvalue weighted by Gasteiger charge is -2.20. The highest BCUT2D eigenvalue weighted by Crippen LogP contribution is 2.18. The van der Waals surface area contributed by atoms with Crippen LogP contribution in [0.5, 0.6) is 0 Å². The van der Waals surface area contributed by atoms with Crippen LogP contribution >= 0.6 is 15.9 Å². The second-order valence-electron chi connectivity index (χ2n) is 4.03. The van der Waals surface area contributed by atoms with Crippen LogP contribution in [-0.4, -0.2) is 41.6 Å². The van der Waals surface area contributed by atoms with Crippen LogP contribution in [0.1, 0.15) is 19.8 Å². The molecule has 13 heavy (non-hydrogen) atoms. The van der Waals surface area contributed by atoms with Gasteiger partial charge in [0.2, 0.25) is 0 Å². The second-order valence-corrected chi connectivity index (χ2v) is 4.67. The van der Waals surface area contributed by atoms with E-state index in [2.05, 4.69) is 27.8 Å². The van der Waals surface area contributed by atoms with Gasteiger partial charge in [-0.15, -0.1) is 0 Å². The number of aliphatic hydroxyl groups is 1. The van der Waals surface area contributed by atoms with Gasteiger partial charge in [-0.3, -0.25) is 0 Å². The predicted molar refractivity (Wildman–Crippen MR) is 59.2 cm³/mol. The van der Waals surface area contributed by atoms with E-state index in [9.17, 15) is 0 Å². The molecule has 78 valence electrons. The van der Waals surface area contributed by atoms with E-state index in [-0.39, 0.29) is 0 Å². The highest BCUT2D eigenvalue weighted by atomic mass is 79.9. The van der Waals surface area contributed by atoms with Gasteiger partial charge in [0.15, 0.2) is 0 Å². The van der Waals surface area contributed by atoms with E-state index in [1.54, 1.807) is 0 Å². The standard InChI is InChI=1S/C10H20BrNO/c1-2-9(5-11)6-12-4-3-10(7-12)8-13/h9-10,13H,2-8H2,1H3. The van der Waals surface area contributed by atoms with Crippen molar-refractivity contribution in [1.29, 1.82) is 0 Å². The summed E-state index contributed by atoms with van der Waals surface area (Å²) in [5.74, 6) is 1.31. The Morgan fingerprint density at radius 2 is 2.38 bits per heavy atom. The average molecular weight is 250 g/mol. The maximum absolute atomic E-state index is 9.00. The summed E-state index contributed by atoms with van der Waals surface area (Å²) in [5.41, 5.74) is 0. The van der Waals surface area contributed by atoms with Gasteiger partial charge >= 0.3 is 0 Å². The largest absolute Gasteiger partial charge is 0.396 e. The maximum Gasteiger partial charge on any atom is 0.0471 e. The molecule has 2 nitrogen and oxygen atoms in total. The Morgan fingerprint density at radius 3 is 2.85 bits per heavy atom. The molecule has 1 fully saturated rings. The van der Waals surface area contributed by atoms with Crippen LogP contribution in [0, 0.1) is 11.8 Å². The highest BCUT2D eigenvalue weighted by molar-refractivity contribution is 9.09. The van der Waals surface area contributed by atoms with Crippen molar-refractivity contribution in [1.82, 2.24) is 4.90 Å². The molecule has 3 heteroatoms. The van der Waals surface area contributed by atoms with Gasteiger partial charge in [0.1, 0.15) is 0 Å². The van der Waals surface area contributed by atoms with Crippen LogP contribution in [0.4, 0.5) is 0 Å². The number of aliphatic hydroxyl groups excluding tert-OH is 1. The summed E-state index contributed by atoms with van der Waals surface area (Å²) in [6, 6.07) is 0. The normalized spacial score (nSPS) is 26.5. The van der Waals surface area contributed by atoms with Gasteiger partial charge in [0.05, 0.1) is 0 Å². The number of likely N-dealkylation sites (tertiary alicyclic amines) is 1. The van der Waals surface area contributed by atoms with Gasteiger partial charge in [-0.05, 0) is 24.8 Å². The highest BCUT2D eigenvalue weighted by Gasteiger charge is 2.22. The molecular formula is C10H20BrNO. The predicted octanol–water partition coefficient (Wildman–Crippen LogP) is 1.72. The molecule has 2 atom stereocenters. The minimum absolute atomic E-state index is 0.363. The summed E-state index contributed by atoms with van der Waals surface area (Å²) in [6.07, 6.45) is 2.42. The van der Waals surface area contributed by atoms with E-state index in [0.717, 1.165) is 17.8 Å². The van der Waals surface area contributed by atoms with Crippen molar-refractivity contribution >= 4 is 15.9 Å². The Kier molecular flexibility index (Phi) is 5.29. The van der Waals surface area contributed by atoms with Crippen LogP contribution < -0.4 is 0 Å². The molecule has 1 N–H and O–H groups in total. The zero-order valence-corrected chi connectivity index (χ0v) is 9.96. The van der Waals surface area contributed by atoms with Gasteiger partial charge in [0, 0.05) is 25.0 Å². The van der Waals surface area contributed by atoms with Crippen molar-refractivity contribution in [2.45, 2.75) is 19.8 Å². The third-order valence-corrected chi connectivity index (χ3v) is 3.86. The fraction of sp³-hybridized carbons (Fsp3) is 1.00. The molecule has 0 aromatic rings. The minimum atomic E-state index is 0.363. The van der Waals surface area contributed by atoms with Crippen LogP contribution in [0.25, 0.3) is 0 Å². The molecule has 1 aliphatic heterocycles. The van der Waals surface area contributed by atoms with Crippen molar-refractivity contribution in [2.24, 2.45) is 11.8 Å². The zero-order chi connectivity index (χ0) is 9.68. The third kappa shape index (κ3) is 3.56. The molecule has 0 bridgehead atoms. The fourth-order valence-electron chi connectivity index (χ4n) is 1.88. The van der Waals surface area contributed by atoms with Crippen LogP contribution in [0.2, 0.25) is 0 Å². The molecule has 1 saturated heterocycles. The summed E-state index contributed by atoms with van der Waals surface area (Å²) in [5, 5.41) is 10.1. The Morgan fingerprint density at radius 1 is 1.62 bits per heavy atom. The summed E-state index contributed by atoms with van der Waals surface area (Å²) >= 11 is 3.54. The number of hydrogen-bond acceptors (Lipinski definition) is 2. The van der Waals surface area contributed by atoms with Gasteiger partial charge in [-0.1, -0.05) is 29.3 Å². The Balaban J connectivity index is 2.22. The number of halogens is 1. The molecule has 2 unspecified atom stereocenters. The molecule has 0 amide bonds. The Labute approximate surface area is 89.4 Å². The lowest BCUT2D eigenvalue weighted by atomic mass is 10.1. The number of hydrogen-bond donors (Lipinski definition) is 1. The summed E-state index contributed by atoms with van der Waals surface area (Å²) in [7, 11) is 0. The molecule has 1 heterocycles. The first-order valence-corrected chi connectivity index (χ1v) is 6.31. The molecule has 1 aliphatic rings. The molecule has 0 aliphatic carbocycles. The first-order chi connectivity index (χ1) is 6.30. The molecule has 0 aromatic heterocycles. The summed E-state index contributed by atoms with van der Waals surface area (Å²) < 4.78 is 0. The van der Waals surface area contributed by atoms with Crippen molar-refractivity contribution in [3.05, 3.63) is 0 Å².